The largest absolute Gasteiger partial charge is 0.336 e. The number of aromatic nitrogens is 2. The maximum Gasteiger partial charge on any atom is 0.254 e. The first-order chi connectivity index (χ1) is 9.10. The van der Waals surface area contributed by atoms with E-state index in [1.165, 1.54) is 0 Å². The molecule has 2 aromatic rings. The molecule has 1 amide bonds. The van der Waals surface area contributed by atoms with Crippen molar-refractivity contribution in [3.8, 4) is 0 Å². The lowest BCUT2D eigenvalue weighted by Crippen LogP contribution is -2.26. The Hall–Kier alpha value is -1.79. The molecule has 6 heteroatoms. The van der Waals surface area contributed by atoms with Crippen LogP contribution in [0.3, 0.4) is 0 Å². The summed E-state index contributed by atoms with van der Waals surface area (Å²) in [5.41, 5.74) is 7.75. The summed E-state index contributed by atoms with van der Waals surface area (Å²) in [6.45, 7) is 2.78. The number of hydrogen-bond donors (Lipinski definition) is 1. The van der Waals surface area contributed by atoms with Gasteiger partial charge in [0.05, 0.1) is 22.9 Å². The van der Waals surface area contributed by atoms with E-state index < -0.39 is 0 Å². The lowest BCUT2D eigenvalue weighted by Gasteiger charge is -2.16. The van der Waals surface area contributed by atoms with Crippen LogP contribution < -0.4 is 5.73 Å². The fourth-order valence-electron chi connectivity index (χ4n) is 1.74. The van der Waals surface area contributed by atoms with Crippen LogP contribution in [0.15, 0.2) is 23.7 Å². The number of carbonyl (C=O) groups is 1. The molecular weight excluding hydrogens is 260 g/mol. The van der Waals surface area contributed by atoms with E-state index in [1.54, 1.807) is 41.6 Å². The summed E-state index contributed by atoms with van der Waals surface area (Å²) in [7, 11) is 1.76. The second kappa shape index (κ2) is 5.90. The van der Waals surface area contributed by atoms with Crippen LogP contribution in [0.25, 0.3) is 0 Å². The quantitative estimate of drug-likeness (QED) is 0.920. The highest BCUT2D eigenvalue weighted by Gasteiger charge is 2.13. The molecule has 0 spiro atoms. The highest BCUT2D eigenvalue weighted by Crippen LogP contribution is 2.12. The normalized spacial score (nSPS) is 10.5. The Morgan fingerprint density at radius 1 is 1.47 bits per heavy atom. The number of pyridine rings is 1. The van der Waals surface area contributed by atoms with Crippen LogP contribution in [0.5, 0.6) is 0 Å². The van der Waals surface area contributed by atoms with Crippen LogP contribution in [-0.2, 0) is 13.1 Å². The molecule has 100 valence electrons. The van der Waals surface area contributed by atoms with Crippen molar-refractivity contribution in [2.45, 2.75) is 20.0 Å². The van der Waals surface area contributed by atoms with Crippen molar-refractivity contribution in [3.63, 3.8) is 0 Å². The van der Waals surface area contributed by atoms with Crippen LogP contribution in [0.1, 0.15) is 26.8 Å². The summed E-state index contributed by atoms with van der Waals surface area (Å²) in [4.78, 5) is 22.3. The van der Waals surface area contributed by atoms with Gasteiger partial charge in [0.15, 0.2) is 0 Å². The molecule has 19 heavy (non-hydrogen) atoms. The van der Waals surface area contributed by atoms with E-state index in [0.717, 1.165) is 10.7 Å². The Morgan fingerprint density at radius 2 is 2.26 bits per heavy atom. The van der Waals surface area contributed by atoms with Gasteiger partial charge in [-0.25, -0.2) is 4.98 Å². The smallest absolute Gasteiger partial charge is 0.254 e. The lowest BCUT2D eigenvalue weighted by molar-refractivity contribution is 0.0783. The molecule has 2 N–H and O–H groups in total. The Labute approximate surface area is 116 Å². The van der Waals surface area contributed by atoms with Gasteiger partial charge in [-0.3, -0.25) is 9.78 Å². The Morgan fingerprint density at radius 3 is 2.89 bits per heavy atom. The minimum absolute atomic E-state index is 0.0530. The van der Waals surface area contributed by atoms with Crippen molar-refractivity contribution in [2.24, 2.45) is 5.73 Å². The van der Waals surface area contributed by atoms with E-state index in [0.29, 0.717) is 24.3 Å². The standard InChI is InChI=1S/C13H16N4OS/c1-9-16-12(8-19-9)7-17(2)13(18)10-3-4-15-11(5-10)6-14/h3-5,8H,6-7,14H2,1-2H3. The average Bonchev–Trinajstić information content (AvgIpc) is 2.83. The molecule has 2 aromatic heterocycles. The molecule has 0 aliphatic heterocycles. The summed E-state index contributed by atoms with van der Waals surface area (Å²) >= 11 is 1.58. The Bertz CT molecular complexity index is 582. The van der Waals surface area contributed by atoms with Crippen LogP contribution in [0.4, 0.5) is 0 Å². The van der Waals surface area contributed by atoms with Gasteiger partial charge in [0.2, 0.25) is 0 Å². The monoisotopic (exact) mass is 276 g/mol. The van der Waals surface area contributed by atoms with Crippen molar-refractivity contribution in [3.05, 3.63) is 45.7 Å². The van der Waals surface area contributed by atoms with Crippen LogP contribution >= 0.6 is 11.3 Å². The molecule has 0 unspecified atom stereocenters. The Kier molecular flexibility index (Phi) is 4.24. The molecule has 2 rings (SSSR count). The first-order valence-corrected chi connectivity index (χ1v) is 6.79. The summed E-state index contributed by atoms with van der Waals surface area (Å²) in [6.07, 6.45) is 1.61. The number of rotatable bonds is 4. The third-order valence-corrected chi connectivity index (χ3v) is 3.51. The fourth-order valence-corrected chi connectivity index (χ4v) is 2.34. The van der Waals surface area contributed by atoms with Gasteiger partial charge in [-0.15, -0.1) is 11.3 Å². The first-order valence-electron chi connectivity index (χ1n) is 5.91. The first kappa shape index (κ1) is 13.6. The van der Waals surface area contributed by atoms with E-state index in [9.17, 15) is 4.79 Å². The zero-order valence-corrected chi connectivity index (χ0v) is 11.8. The molecular formula is C13H16N4OS. The van der Waals surface area contributed by atoms with Crippen molar-refractivity contribution in [1.29, 1.82) is 0 Å². The van der Waals surface area contributed by atoms with Gasteiger partial charge < -0.3 is 10.6 Å². The summed E-state index contributed by atoms with van der Waals surface area (Å²) < 4.78 is 0. The molecule has 0 bridgehead atoms. The molecule has 2 heterocycles. The molecule has 0 saturated heterocycles. The highest BCUT2D eigenvalue weighted by molar-refractivity contribution is 7.09. The van der Waals surface area contributed by atoms with Gasteiger partial charge in [0, 0.05) is 30.7 Å². The molecule has 5 nitrogen and oxygen atoms in total. The molecule has 0 saturated carbocycles. The van der Waals surface area contributed by atoms with Gasteiger partial charge >= 0.3 is 0 Å². The van der Waals surface area contributed by atoms with Gasteiger partial charge in [0.1, 0.15) is 0 Å². The Balaban J connectivity index is 2.09. The molecule has 0 atom stereocenters. The summed E-state index contributed by atoms with van der Waals surface area (Å²) in [5, 5.41) is 2.97. The van der Waals surface area contributed by atoms with Crippen LogP contribution in [0.2, 0.25) is 0 Å². The van der Waals surface area contributed by atoms with Crippen molar-refractivity contribution in [1.82, 2.24) is 14.9 Å². The predicted octanol–water partition coefficient (Wildman–Crippen LogP) is 1.58. The average molecular weight is 276 g/mol. The number of nitrogens with two attached hydrogens (primary N) is 1. The molecule has 0 fully saturated rings. The number of carbonyl (C=O) groups excluding carboxylic acids is 1. The fraction of sp³-hybridized carbons (Fsp3) is 0.308. The number of aryl methyl sites for hydroxylation is 1. The maximum absolute atomic E-state index is 12.3. The number of hydrogen-bond acceptors (Lipinski definition) is 5. The second-order valence-electron chi connectivity index (χ2n) is 4.26. The van der Waals surface area contributed by atoms with E-state index in [-0.39, 0.29) is 5.91 Å². The van der Waals surface area contributed by atoms with Gasteiger partial charge in [-0.2, -0.15) is 0 Å². The lowest BCUT2D eigenvalue weighted by atomic mass is 10.2. The van der Waals surface area contributed by atoms with E-state index in [2.05, 4.69) is 9.97 Å². The maximum atomic E-state index is 12.3. The van der Waals surface area contributed by atoms with Gasteiger partial charge in [-0.1, -0.05) is 0 Å². The van der Waals surface area contributed by atoms with Crippen molar-refractivity contribution >= 4 is 17.2 Å². The summed E-state index contributed by atoms with van der Waals surface area (Å²) in [6, 6.07) is 3.43. The van der Waals surface area contributed by atoms with E-state index in [4.69, 9.17) is 5.73 Å². The second-order valence-corrected chi connectivity index (χ2v) is 5.32. The van der Waals surface area contributed by atoms with E-state index in [1.807, 2.05) is 12.3 Å². The topological polar surface area (TPSA) is 72.1 Å². The molecule has 0 aliphatic rings. The predicted molar refractivity (Wildman–Crippen MR) is 74.8 cm³/mol. The van der Waals surface area contributed by atoms with Crippen LogP contribution in [-0.4, -0.2) is 27.8 Å². The van der Waals surface area contributed by atoms with Gasteiger partial charge in [0.25, 0.3) is 5.91 Å². The van der Waals surface area contributed by atoms with Crippen LogP contribution in [0, 0.1) is 6.92 Å². The molecule has 0 aromatic carbocycles. The zero-order valence-electron chi connectivity index (χ0n) is 11.0. The number of nitrogens with zero attached hydrogens (tertiary/aromatic N) is 3. The SMILES string of the molecule is Cc1nc(CN(C)C(=O)c2ccnc(CN)c2)cs1. The number of thiazole rings is 1. The number of amides is 1. The van der Waals surface area contributed by atoms with Crippen molar-refractivity contribution < 1.29 is 4.79 Å². The van der Waals surface area contributed by atoms with Gasteiger partial charge in [-0.05, 0) is 19.1 Å². The highest BCUT2D eigenvalue weighted by atomic mass is 32.1. The third kappa shape index (κ3) is 3.36. The minimum Gasteiger partial charge on any atom is -0.336 e. The third-order valence-electron chi connectivity index (χ3n) is 2.69. The zero-order chi connectivity index (χ0) is 13.8. The molecule has 0 aliphatic carbocycles. The van der Waals surface area contributed by atoms with Crippen molar-refractivity contribution in [2.75, 3.05) is 7.05 Å². The summed E-state index contributed by atoms with van der Waals surface area (Å²) in [5.74, 6) is -0.0530. The molecule has 0 radical (unpaired) electrons. The van der Waals surface area contributed by atoms with E-state index >= 15 is 0 Å². The minimum atomic E-state index is -0.0530.